The number of nitrogens with one attached hydrogen (secondary N) is 1. The summed E-state index contributed by atoms with van der Waals surface area (Å²) in [4.78, 5) is 49.2. The smallest absolute Gasteiger partial charge is 0.373 e. The Balaban J connectivity index is 1.57. The minimum atomic E-state index is -1.03. The number of furan rings is 1. The molecule has 1 aromatic heterocycles. The lowest BCUT2D eigenvalue weighted by molar-refractivity contribution is -0.123. The van der Waals surface area contributed by atoms with Crippen LogP contribution in [0.2, 0.25) is 0 Å². The molecule has 0 radical (unpaired) electrons. The van der Waals surface area contributed by atoms with Gasteiger partial charge < -0.3 is 29.1 Å². The molecule has 3 amide bonds. The Hall–Kier alpha value is -4.58. The minimum Gasteiger partial charge on any atom is -0.493 e. The topological polar surface area (TPSA) is 145 Å². The van der Waals surface area contributed by atoms with Crippen LogP contribution in [0.25, 0.3) is 6.08 Å². The molecule has 3 aromatic rings. The van der Waals surface area contributed by atoms with E-state index in [0.29, 0.717) is 27.1 Å². The van der Waals surface area contributed by atoms with E-state index in [4.69, 9.17) is 19.0 Å². The zero-order valence-corrected chi connectivity index (χ0v) is 21.7. The number of carboxylic acid groups (broad SMARTS) is 1. The number of imide groups is 1. The number of rotatable bonds is 9. The van der Waals surface area contributed by atoms with Crippen LogP contribution in [0.5, 0.6) is 11.5 Å². The van der Waals surface area contributed by atoms with Gasteiger partial charge in [0.05, 0.1) is 26.3 Å². The van der Waals surface area contributed by atoms with Crippen LogP contribution in [0.15, 0.2) is 63.1 Å². The van der Waals surface area contributed by atoms with Gasteiger partial charge in [0.25, 0.3) is 5.91 Å². The van der Waals surface area contributed by atoms with Crippen molar-refractivity contribution in [2.24, 2.45) is 0 Å². The SMILES string of the molecule is COC(=O)c1ccc(CN2C(=O)N/C(=C\c3cc(Br)cc(OC)c3OCc3ccc(C(=O)O)cc3)C2=O)o1. The highest BCUT2D eigenvalue weighted by Gasteiger charge is 2.35. The molecule has 0 unspecified atom stereocenters. The average molecular weight is 585 g/mol. The first-order valence-electron chi connectivity index (χ1n) is 11.0. The number of nitrogens with zero attached hydrogens (tertiary/aromatic N) is 1. The predicted octanol–water partition coefficient (Wildman–Crippen LogP) is 4.21. The summed E-state index contributed by atoms with van der Waals surface area (Å²) >= 11 is 3.40. The van der Waals surface area contributed by atoms with Gasteiger partial charge in [0.2, 0.25) is 5.76 Å². The lowest BCUT2D eigenvalue weighted by Crippen LogP contribution is -2.30. The van der Waals surface area contributed by atoms with E-state index in [2.05, 4.69) is 26.0 Å². The number of hydrogen-bond donors (Lipinski definition) is 2. The molecule has 2 aromatic carbocycles. The maximum atomic E-state index is 13.0. The number of carbonyl (C=O) groups excluding carboxylic acids is 3. The molecule has 1 fully saturated rings. The van der Waals surface area contributed by atoms with Crippen LogP contribution in [0.3, 0.4) is 0 Å². The van der Waals surface area contributed by atoms with Crippen LogP contribution in [0, 0.1) is 0 Å². The number of methoxy groups -OCH3 is 2. The van der Waals surface area contributed by atoms with Gasteiger partial charge in [-0.25, -0.2) is 14.4 Å². The number of amides is 3. The molecule has 0 bridgehead atoms. The third-order valence-electron chi connectivity index (χ3n) is 5.48. The molecule has 0 spiro atoms. The van der Waals surface area contributed by atoms with Crippen molar-refractivity contribution in [3.05, 3.63) is 86.9 Å². The minimum absolute atomic E-state index is 0.00874. The summed E-state index contributed by atoms with van der Waals surface area (Å²) in [7, 11) is 2.67. The van der Waals surface area contributed by atoms with Crippen LogP contribution in [-0.2, 0) is 22.7 Å². The van der Waals surface area contributed by atoms with Gasteiger partial charge in [-0.3, -0.25) is 9.69 Å². The summed E-state index contributed by atoms with van der Waals surface area (Å²) in [5, 5.41) is 11.6. The normalized spacial score (nSPS) is 14.0. The lowest BCUT2D eigenvalue weighted by Gasteiger charge is -2.15. The molecule has 1 aliphatic heterocycles. The maximum Gasteiger partial charge on any atom is 0.373 e. The number of urea groups is 1. The Morgan fingerprint density at radius 3 is 2.50 bits per heavy atom. The first kappa shape index (κ1) is 26.5. The Bertz CT molecular complexity index is 1440. The largest absolute Gasteiger partial charge is 0.493 e. The summed E-state index contributed by atoms with van der Waals surface area (Å²) in [6.45, 7) is -0.113. The van der Waals surface area contributed by atoms with Gasteiger partial charge in [-0.2, -0.15) is 0 Å². The van der Waals surface area contributed by atoms with Crippen molar-refractivity contribution >= 4 is 45.9 Å². The first-order valence-corrected chi connectivity index (χ1v) is 11.8. The highest BCUT2D eigenvalue weighted by atomic mass is 79.9. The molecule has 0 atom stereocenters. The third-order valence-corrected chi connectivity index (χ3v) is 5.93. The van der Waals surface area contributed by atoms with Crippen LogP contribution in [0.1, 0.15) is 37.8 Å². The molecule has 0 aliphatic carbocycles. The zero-order valence-electron chi connectivity index (χ0n) is 20.1. The molecule has 0 saturated carbocycles. The molecule has 1 saturated heterocycles. The van der Waals surface area contributed by atoms with Crippen molar-refractivity contribution in [2.45, 2.75) is 13.2 Å². The van der Waals surface area contributed by atoms with E-state index in [-0.39, 0.29) is 35.9 Å². The van der Waals surface area contributed by atoms with E-state index in [1.165, 1.54) is 44.6 Å². The van der Waals surface area contributed by atoms with E-state index >= 15 is 0 Å². The fraction of sp³-hybridized carbons (Fsp3) is 0.154. The number of halogens is 1. The Morgan fingerprint density at radius 1 is 1.11 bits per heavy atom. The van der Waals surface area contributed by atoms with E-state index in [1.807, 2.05) is 0 Å². The summed E-state index contributed by atoms with van der Waals surface area (Å²) in [6.07, 6.45) is 1.46. The second-order valence-electron chi connectivity index (χ2n) is 7.95. The second-order valence-corrected chi connectivity index (χ2v) is 8.87. The standard InChI is InChI=1S/C26H21BrN2O9/c1-35-21-11-17(27)9-16(22(21)37-13-14-3-5-15(6-4-14)24(31)32)10-19-23(30)29(26(34)28-19)12-18-7-8-20(38-18)25(33)36-2/h3-11H,12-13H2,1-2H3,(H,28,34)(H,31,32)/b19-10-. The molecule has 11 nitrogen and oxygen atoms in total. The summed E-state index contributed by atoms with van der Waals surface area (Å²) in [5.74, 6) is -1.48. The van der Waals surface area contributed by atoms with Crippen molar-refractivity contribution < 1.29 is 42.9 Å². The molecule has 4 rings (SSSR count). The van der Waals surface area contributed by atoms with Crippen molar-refractivity contribution in [1.82, 2.24) is 10.2 Å². The van der Waals surface area contributed by atoms with Gasteiger partial charge in [-0.05, 0) is 48.0 Å². The maximum absolute atomic E-state index is 13.0. The second kappa shape index (κ2) is 11.2. The summed E-state index contributed by atoms with van der Waals surface area (Å²) in [5.41, 5.74) is 1.29. The summed E-state index contributed by atoms with van der Waals surface area (Å²) < 4.78 is 22.1. The van der Waals surface area contributed by atoms with Crippen molar-refractivity contribution in [3.63, 3.8) is 0 Å². The average Bonchev–Trinajstić information content (AvgIpc) is 3.48. The number of benzene rings is 2. The Morgan fingerprint density at radius 2 is 1.84 bits per heavy atom. The number of carbonyl (C=O) groups is 4. The number of aromatic carboxylic acids is 1. The van der Waals surface area contributed by atoms with Gasteiger partial charge in [0.1, 0.15) is 18.1 Å². The van der Waals surface area contributed by atoms with Crippen molar-refractivity contribution in [1.29, 1.82) is 0 Å². The van der Waals surface area contributed by atoms with Crippen LogP contribution >= 0.6 is 15.9 Å². The Labute approximate surface area is 224 Å². The van der Waals surface area contributed by atoms with Crippen LogP contribution in [-0.4, -0.2) is 48.1 Å². The van der Waals surface area contributed by atoms with E-state index < -0.39 is 23.9 Å². The zero-order chi connectivity index (χ0) is 27.4. The van der Waals surface area contributed by atoms with Gasteiger partial charge in [-0.1, -0.05) is 28.1 Å². The molecule has 196 valence electrons. The van der Waals surface area contributed by atoms with Gasteiger partial charge in [0, 0.05) is 10.0 Å². The monoisotopic (exact) mass is 584 g/mol. The molecule has 2 N–H and O–H groups in total. The van der Waals surface area contributed by atoms with Crippen LogP contribution in [0.4, 0.5) is 4.79 Å². The summed E-state index contributed by atoms with van der Waals surface area (Å²) in [6, 6.07) is 11.8. The number of esters is 1. The van der Waals surface area contributed by atoms with Crippen LogP contribution < -0.4 is 14.8 Å². The number of carboxylic acids is 1. The number of ether oxygens (including phenoxy) is 3. The fourth-order valence-corrected chi connectivity index (χ4v) is 4.06. The fourth-order valence-electron chi connectivity index (χ4n) is 3.60. The van der Waals surface area contributed by atoms with E-state index in [9.17, 15) is 19.2 Å². The molecular formula is C26H21BrN2O9. The number of hydrogen-bond acceptors (Lipinski definition) is 8. The molecule has 12 heteroatoms. The van der Waals surface area contributed by atoms with Gasteiger partial charge in [-0.15, -0.1) is 0 Å². The quantitative estimate of drug-likeness (QED) is 0.214. The molecule has 2 heterocycles. The molecular weight excluding hydrogens is 564 g/mol. The highest BCUT2D eigenvalue weighted by Crippen LogP contribution is 2.37. The first-order chi connectivity index (χ1) is 18.2. The van der Waals surface area contributed by atoms with Crippen molar-refractivity contribution in [2.75, 3.05) is 14.2 Å². The molecule has 38 heavy (non-hydrogen) atoms. The predicted molar refractivity (Wildman–Crippen MR) is 136 cm³/mol. The highest BCUT2D eigenvalue weighted by molar-refractivity contribution is 9.10. The van der Waals surface area contributed by atoms with E-state index in [1.54, 1.807) is 24.3 Å². The van der Waals surface area contributed by atoms with Gasteiger partial charge in [0.15, 0.2) is 11.5 Å². The third kappa shape index (κ3) is 5.70. The van der Waals surface area contributed by atoms with E-state index in [0.717, 1.165) is 4.90 Å². The molecule has 1 aliphatic rings. The van der Waals surface area contributed by atoms with Crippen molar-refractivity contribution in [3.8, 4) is 11.5 Å². The Kier molecular flexibility index (Phi) is 7.82. The lowest BCUT2D eigenvalue weighted by atomic mass is 10.1. The van der Waals surface area contributed by atoms with Gasteiger partial charge >= 0.3 is 18.0 Å².